The number of carbonyl (C=O) groups excluding carboxylic acids is 1. The van der Waals surface area contributed by atoms with Crippen molar-refractivity contribution in [3.05, 3.63) is 47.8 Å². The highest BCUT2D eigenvalue weighted by Crippen LogP contribution is 2.32. The Kier molecular flexibility index (Phi) is 4.62. The Morgan fingerprint density at radius 1 is 1.12 bits per heavy atom. The van der Waals surface area contributed by atoms with E-state index in [0.717, 1.165) is 43.2 Å². The molecule has 0 bridgehead atoms. The molecule has 1 aromatic heterocycles. The van der Waals surface area contributed by atoms with Crippen LogP contribution >= 0.6 is 0 Å². The van der Waals surface area contributed by atoms with Gasteiger partial charge in [0.05, 0.1) is 11.9 Å². The fraction of sp³-hybridized carbons (Fsp3) is 0.368. The molecule has 1 aromatic carbocycles. The van der Waals surface area contributed by atoms with Crippen molar-refractivity contribution in [3.63, 3.8) is 0 Å². The number of piperazine rings is 1. The molecule has 1 N–H and O–H groups in total. The summed E-state index contributed by atoms with van der Waals surface area (Å²) < 4.78 is 10.6. The van der Waals surface area contributed by atoms with Crippen molar-refractivity contribution < 1.29 is 14.3 Å². The Balaban J connectivity index is 1.34. The summed E-state index contributed by atoms with van der Waals surface area (Å²) in [6.45, 7) is 4.70. The Morgan fingerprint density at radius 3 is 2.69 bits per heavy atom. The van der Waals surface area contributed by atoms with Gasteiger partial charge in [-0.15, -0.1) is 0 Å². The molecule has 1 fully saturated rings. The first-order valence-corrected chi connectivity index (χ1v) is 8.75. The minimum atomic E-state index is -0.187. The normalized spacial score (nSPS) is 16.6. The van der Waals surface area contributed by atoms with E-state index in [9.17, 15) is 4.79 Å². The molecular formula is C19H22N4O3. The third-order valence-corrected chi connectivity index (χ3v) is 4.74. The first-order valence-electron chi connectivity index (χ1n) is 8.75. The minimum absolute atomic E-state index is 0.187. The smallest absolute Gasteiger partial charge is 0.270 e. The summed E-state index contributed by atoms with van der Waals surface area (Å²) in [5.74, 6) is 1.26. The molecule has 2 aromatic rings. The average Bonchev–Trinajstić information content (AvgIpc) is 3.15. The number of benzene rings is 1. The van der Waals surface area contributed by atoms with E-state index >= 15 is 0 Å². The van der Waals surface area contributed by atoms with E-state index in [-0.39, 0.29) is 12.7 Å². The van der Waals surface area contributed by atoms with Gasteiger partial charge in [-0.2, -0.15) is 0 Å². The third-order valence-electron chi connectivity index (χ3n) is 4.74. The van der Waals surface area contributed by atoms with Crippen molar-refractivity contribution in [2.24, 2.45) is 0 Å². The maximum absolute atomic E-state index is 12.3. The van der Waals surface area contributed by atoms with E-state index in [4.69, 9.17) is 9.47 Å². The molecule has 1 saturated heterocycles. The van der Waals surface area contributed by atoms with Gasteiger partial charge < -0.3 is 24.6 Å². The predicted molar refractivity (Wildman–Crippen MR) is 97.7 cm³/mol. The van der Waals surface area contributed by atoms with Gasteiger partial charge in [-0.1, -0.05) is 6.07 Å². The number of carbonyl (C=O) groups is 1. The molecule has 0 aliphatic carbocycles. The van der Waals surface area contributed by atoms with Gasteiger partial charge in [-0.05, 0) is 36.9 Å². The first-order chi connectivity index (χ1) is 12.7. The van der Waals surface area contributed by atoms with Crippen LogP contribution in [0.25, 0.3) is 0 Å². The van der Waals surface area contributed by atoms with E-state index in [1.54, 1.807) is 12.3 Å². The Labute approximate surface area is 152 Å². The molecule has 7 heteroatoms. The highest BCUT2D eigenvalue weighted by molar-refractivity contribution is 5.92. The van der Waals surface area contributed by atoms with Crippen molar-refractivity contribution in [2.45, 2.75) is 6.54 Å². The highest BCUT2D eigenvalue weighted by Gasteiger charge is 2.16. The van der Waals surface area contributed by atoms with Gasteiger partial charge in [0.2, 0.25) is 6.79 Å². The number of amides is 1. The average molecular weight is 354 g/mol. The zero-order valence-corrected chi connectivity index (χ0v) is 14.8. The lowest BCUT2D eigenvalue weighted by molar-refractivity contribution is 0.0946. The maximum atomic E-state index is 12.3. The molecule has 4 rings (SSSR count). The molecule has 3 heterocycles. The number of hydrogen-bond acceptors (Lipinski definition) is 6. The van der Waals surface area contributed by atoms with E-state index in [1.807, 2.05) is 24.3 Å². The zero-order valence-electron chi connectivity index (χ0n) is 14.8. The van der Waals surface area contributed by atoms with Crippen LogP contribution in [0.2, 0.25) is 0 Å². The number of nitrogens with zero attached hydrogens (tertiary/aromatic N) is 3. The van der Waals surface area contributed by atoms with Crippen LogP contribution in [0.4, 0.5) is 5.69 Å². The Hall–Kier alpha value is -2.80. The number of rotatable bonds is 4. The molecule has 0 atom stereocenters. The summed E-state index contributed by atoms with van der Waals surface area (Å²) in [6.07, 6.45) is 1.78. The van der Waals surface area contributed by atoms with E-state index in [2.05, 4.69) is 27.1 Å². The lowest BCUT2D eigenvalue weighted by atomic mass is 10.2. The van der Waals surface area contributed by atoms with Gasteiger partial charge >= 0.3 is 0 Å². The highest BCUT2D eigenvalue weighted by atomic mass is 16.7. The predicted octanol–water partition coefficient (Wildman–Crippen LogP) is 1.49. The van der Waals surface area contributed by atoms with Gasteiger partial charge in [-0.3, -0.25) is 4.79 Å². The molecule has 1 amide bonds. The van der Waals surface area contributed by atoms with Crippen LogP contribution in [0.15, 0.2) is 36.5 Å². The van der Waals surface area contributed by atoms with Gasteiger partial charge in [-0.25, -0.2) is 4.98 Å². The number of aromatic nitrogens is 1. The van der Waals surface area contributed by atoms with E-state index in [1.165, 1.54) is 0 Å². The first kappa shape index (κ1) is 16.7. The second kappa shape index (κ2) is 7.21. The number of pyridine rings is 1. The lowest BCUT2D eigenvalue weighted by Crippen LogP contribution is -2.44. The van der Waals surface area contributed by atoms with Gasteiger partial charge in [0, 0.05) is 32.7 Å². The minimum Gasteiger partial charge on any atom is -0.454 e. The number of anilines is 1. The summed E-state index contributed by atoms with van der Waals surface area (Å²) in [5, 5.41) is 2.89. The molecular weight excluding hydrogens is 332 g/mol. The SMILES string of the molecule is CN1CCN(c2ccc(C(=O)NCc3ccc4c(c3)OCO4)nc2)CC1. The van der Waals surface area contributed by atoms with Gasteiger partial charge in [0.15, 0.2) is 11.5 Å². The summed E-state index contributed by atoms with van der Waals surface area (Å²) >= 11 is 0. The maximum Gasteiger partial charge on any atom is 0.270 e. The molecule has 26 heavy (non-hydrogen) atoms. The quantitative estimate of drug-likeness (QED) is 0.897. The summed E-state index contributed by atoms with van der Waals surface area (Å²) in [7, 11) is 2.13. The molecule has 7 nitrogen and oxygen atoms in total. The van der Waals surface area contributed by atoms with Crippen molar-refractivity contribution in [1.82, 2.24) is 15.2 Å². The summed E-state index contributed by atoms with van der Waals surface area (Å²) in [5.41, 5.74) is 2.44. The van der Waals surface area contributed by atoms with Crippen molar-refractivity contribution in [2.75, 3.05) is 44.9 Å². The number of hydrogen-bond donors (Lipinski definition) is 1. The molecule has 0 unspecified atom stereocenters. The molecule has 136 valence electrons. The summed E-state index contributed by atoms with van der Waals surface area (Å²) in [4.78, 5) is 21.3. The second-order valence-corrected chi connectivity index (χ2v) is 6.56. The van der Waals surface area contributed by atoms with E-state index < -0.39 is 0 Å². The van der Waals surface area contributed by atoms with Crippen LogP contribution in [-0.2, 0) is 6.54 Å². The Bertz CT molecular complexity index is 786. The van der Waals surface area contributed by atoms with E-state index in [0.29, 0.717) is 18.0 Å². The zero-order chi connectivity index (χ0) is 17.9. The van der Waals surface area contributed by atoms with Crippen LogP contribution < -0.4 is 19.7 Å². The monoisotopic (exact) mass is 354 g/mol. The van der Waals surface area contributed by atoms with Crippen LogP contribution in [0.1, 0.15) is 16.1 Å². The molecule has 0 spiro atoms. The summed E-state index contributed by atoms with van der Waals surface area (Å²) in [6, 6.07) is 9.40. The lowest BCUT2D eigenvalue weighted by Gasteiger charge is -2.33. The van der Waals surface area contributed by atoms with Crippen molar-refractivity contribution >= 4 is 11.6 Å². The van der Waals surface area contributed by atoms with Crippen LogP contribution in [-0.4, -0.2) is 55.8 Å². The van der Waals surface area contributed by atoms with Gasteiger partial charge in [0.1, 0.15) is 5.69 Å². The molecule has 2 aliphatic rings. The topological polar surface area (TPSA) is 66.9 Å². The van der Waals surface area contributed by atoms with Crippen molar-refractivity contribution in [1.29, 1.82) is 0 Å². The molecule has 2 aliphatic heterocycles. The fourth-order valence-electron chi connectivity index (χ4n) is 3.10. The van der Waals surface area contributed by atoms with Crippen LogP contribution in [0.5, 0.6) is 11.5 Å². The second-order valence-electron chi connectivity index (χ2n) is 6.56. The molecule has 0 saturated carbocycles. The number of fused-ring (bicyclic) bond motifs is 1. The number of ether oxygens (including phenoxy) is 2. The third kappa shape index (κ3) is 3.57. The van der Waals surface area contributed by atoms with Crippen LogP contribution in [0.3, 0.4) is 0 Å². The van der Waals surface area contributed by atoms with Gasteiger partial charge in [0.25, 0.3) is 5.91 Å². The number of likely N-dealkylation sites (N-methyl/N-ethyl adjacent to an activating group) is 1. The molecule has 0 radical (unpaired) electrons. The Morgan fingerprint density at radius 2 is 1.92 bits per heavy atom. The standard InChI is InChI=1S/C19H22N4O3/c1-22-6-8-23(9-7-22)15-3-4-16(20-12-15)19(24)21-11-14-2-5-17-18(10-14)26-13-25-17/h2-5,10,12H,6-9,11,13H2,1H3,(H,21,24). The van der Waals surface area contributed by atoms with Crippen molar-refractivity contribution in [3.8, 4) is 11.5 Å². The fourth-order valence-corrected chi connectivity index (χ4v) is 3.10. The largest absolute Gasteiger partial charge is 0.454 e. The van der Waals surface area contributed by atoms with Crippen LogP contribution in [0, 0.1) is 0 Å². The number of nitrogens with one attached hydrogen (secondary N) is 1.